The molecule has 7 heteroatoms. The van der Waals surface area contributed by atoms with Crippen LogP contribution in [-0.2, 0) is 10.2 Å². The standard InChI is InChI=1S/C8H19N3O3S/c1-9-15(13,14)11-6-8(12)4-7(11)5-10(2)3/h7-9,12H,4-6H2,1-3H3. The van der Waals surface area contributed by atoms with E-state index in [4.69, 9.17) is 0 Å². The molecule has 0 radical (unpaired) electrons. The van der Waals surface area contributed by atoms with E-state index in [1.165, 1.54) is 11.4 Å². The first kappa shape index (κ1) is 12.9. The lowest BCUT2D eigenvalue weighted by Crippen LogP contribution is -2.45. The van der Waals surface area contributed by atoms with Crippen LogP contribution >= 0.6 is 0 Å². The fourth-order valence-electron chi connectivity index (χ4n) is 1.86. The van der Waals surface area contributed by atoms with Gasteiger partial charge in [0.15, 0.2) is 0 Å². The first-order chi connectivity index (χ1) is 6.86. The molecule has 0 saturated carbocycles. The smallest absolute Gasteiger partial charge is 0.279 e. The van der Waals surface area contributed by atoms with Crippen LogP contribution in [0.25, 0.3) is 0 Å². The maximum absolute atomic E-state index is 11.6. The highest BCUT2D eigenvalue weighted by Gasteiger charge is 2.38. The van der Waals surface area contributed by atoms with Gasteiger partial charge in [-0.15, -0.1) is 0 Å². The highest BCUT2D eigenvalue weighted by Crippen LogP contribution is 2.20. The Morgan fingerprint density at radius 2 is 2.13 bits per heavy atom. The topological polar surface area (TPSA) is 72.9 Å². The number of nitrogens with zero attached hydrogens (tertiary/aromatic N) is 2. The van der Waals surface area contributed by atoms with Crippen molar-refractivity contribution in [3.63, 3.8) is 0 Å². The van der Waals surface area contributed by atoms with E-state index in [9.17, 15) is 13.5 Å². The minimum Gasteiger partial charge on any atom is -0.392 e. The zero-order valence-corrected chi connectivity index (χ0v) is 10.2. The maximum atomic E-state index is 11.6. The highest BCUT2D eigenvalue weighted by molar-refractivity contribution is 7.87. The van der Waals surface area contributed by atoms with Gasteiger partial charge < -0.3 is 10.0 Å². The summed E-state index contributed by atoms with van der Waals surface area (Å²) >= 11 is 0. The normalized spacial score (nSPS) is 28.9. The van der Waals surface area contributed by atoms with Crippen LogP contribution in [0.3, 0.4) is 0 Å². The predicted molar refractivity (Wildman–Crippen MR) is 57.7 cm³/mol. The molecule has 90 valence electrons. The Balaban J connectivity index is 2.77. The molecular formula is C8H19N3O3S. The average Bonchev–Trinajstić information content (AvgIpc) is 2.46. The van der Waals surface area contributed by atoms with Gasteiger partial charge >= 0.3 is 0 Å². The van der Waals surface area contributed by atoms with E-state index in [-0.39, 0.29) is 12.6 Å². The summed E-state index contributed by atoms with van der Waals surface area (Å²) < 4.78 is 26.9. The van der Waals surface area contributed by atoms with Gasteiger partial charge in [0.25, 0.3) is 10.2 Å². The molecule has 0 spiro atoms. The van der Waals surface area contributed by atoms with Gasteiger partial charge in [-0.1, -0.05) is 0 Å². The van der Waals surface area contributed by atoms with E-state index in [1.54, 1.807) is 0 Å². The molecule has 0 aliphatic carbocycles. The number of hydrogen-bond acceptors (Lipinski definition) is 4. The molecule has 1 aliphatic heterocycles. The third-order valence-electron chi connectivity index (χ3n) is 2.48. The first-order valence-electron chi connectivity index (χ1n) is 4.90. The average molecular weight is 237 g/mol. The molecule has 1 fully saturated rings. The number of β-amino-alcohol motifs (C(OH)–C–C–N with tert-alkyl or cyclic N) is 1. The van der Waals surface area contributed by atoms with Crippen LogP contribution < -0.4 is 4.72 Å². The third-order valence-corrected chi connectivity index (χ3v) is 4.07. The third kappa shape index (κ3) is 3.12. The Bertz CT molecular complexity index is 304. The van der Waals surface area contributed by atoms with E-state index >= 15 is 0 Å². The fraction of sp³-hybridized carbons (Fsp3) is 1.00. The van der Waals surface area contributed by atoms with Crippen LogP contribution in [0.4, 0.5) is 0 Å². The molecule has 6 nitrogen and oxygen atoms in total. The lowest BCUT2D eigenvalue weighted by atomic mass is 10.2. The second-order valence-corrected chi connectivity index (χ2v) is 5.91. The number of hydrogen-bond donors (Lipinski definition) is 2. The van der Waals surface area contributed by atoms with E-state index in [0.29, 0.717) is 13.0 Å². The van der Waals surface area contributed by atoms with Crippen molar-refractivity contribution in [3.8, 4) is 0 Å². The van der Waals surface area contributed by atoms with Gasteiger partial charge in [0.05, 0.1) is 6.10 Å². The van der Waals surface area contributed by atoms with Crippen molar-refractivity contribution in [3.05, 3.63) is 0 Å². The Morgan fingerprint density at radius 1 is 1.53 bits per heavy atom. The van der Waals surface area contributed by atoms with E-state index < -0.39 is 16.3 Å². The van der Waals surface area contributed by atoms with Gasteiger partial charge in [-0.25, -0.2) is 4.72 Å². The summed E-state index contributed by atoms with van der Waals surface area (Å²) in [6, 6.07) is -0.146. The molecule has 1 heterocycles. The molecule has 1 saturated heterocycles. The van der Waals surface area contributed by atoms with Gasteiger partial charge in [0, 0.05) is 26.2 Å². The van der Waals surface area contributed by atoms with Gasteiger partial charge in [-0.2, -0.15) is 12.7 Å². The monoisotopic (exact) mass is 237 g/mol. The number of nitrogens with one attached hydrogen (secondary N) is 1. The van der Waals surface area contributed by atoms with Crippen molar-refractivity contribution in [2.24, 2.45) is 0 Å². The van der Waals surface area contributed by atoms with Crippen molar-refractivity contribution in [1.29, 1.82) is 0 Å². The molecule has 0 amide bonds. The van der Waals surface area contributed by atoms with Gasteiger partial charge in [-0.05, 0) is 20.5 Å². The number of rotatable bonds is 4. The lowest BCUT2D eigenvalue weighted by molar-refractivity contribution is 0.188. The maximum Gasteiger partial charge on any atom is 0.279 e. The molecular weight excluding hydrogens is 218 g/mol. The van der Waals surface area contributed by atoms with Crippen molar-refractivity contribution in [2.75, 3.05) is 34.2 Å². The van der Waals surface area contributed by atoms with Gasteiger partial charge in [0.2, 0.25) is 0 Å². The Hall–Kier alpha value is -0.210. The Kier molecular flexibility index (Phi) is 4.07. The summed E-state index contributed by atoms with van der Waals surface area (Å²) in [6.45, 7) is 0.805. The molecule has 15 heavy (non-hydrogen) atoms. The molecule has 2 atom stereocenters. The lowest BCUT2D eigenvalue weighted by Gasteiger charge is -2.25. The molecule has 1 aliphatic rings. The van der Waals surface area contributed by atoms with Crippen LogP contribution in [0.1, 0.15) is 6.42 Å². The number of aliphatic hydroxyl groups is 1. The summed E-state index contributed by atoms with van der Waals surface area (Å²) in [5, 5.41) is 9.49. The molecule has 2 unspecified atom stereocenters. The largest absolute Gasteiger partial charge is 0.392 e. The summed E-state index contributed by atoms with van der Waals surface area (Å²) in [5.41, 5.74) is 0. The van der Waals surface area contributed by atoms with Gasteiger partial charge in [0.1, 0.15) is 0 Å². The minimum atomic E-state index is -3.43. The van der Waals surface area contributed by atoms with Crippen LogP contribution in [0.5, 0.6) is 0 Å². The first-order valence-corrected chi connectivity index (χ1v) is 6.34. The highest BCUT2D eigenvalue weighted by atomic mass is 32.2. The minimum absolute atomic E-state index is 0.146. The fourth-order valence-corrected chi connectivity index (χ4v) is 3.01. The van der Waals surface area contributed by atoms with E-state index in [1.807, 2.05) is 19.0 Å². The predicted octanol–water partition coefficient (Wildman–Crippen LogP) is -1.55. The van der Waals surface area contributed by atoms with E-state index in [0.717, 1.165) is 0 Å². The summed E-state index contributed by atoms with van der Waals surface area (Å²) in [7, 11) is 1.72. The molecule has 2 N–H and O–H groups in total. The van der Waals surface area contributed by atoms with Gasteiger partial charge in [-0.3, -0.25) is 0 Å². The van der Waals surface area contributed by atoms with Crippen LogP contribution in [-0.4, -0.2) is 69.1 Å². The second-order valence-electron chi connectivity index (χ2n) is 4.08. The van der Waals surface area contributed by atoms with Crippen molar-refractivity contribution in [1.82, 2.24) is 13.9 Å². The van der Waals surface area contributed by atoms with E-state index in [2.05, 4.69) is 4.72 Å². The number of likely N-dealkylation sites (N-methyl/N-ethyl adjacent to an activating group) is 1. The van der Waals surface area contributed by atoms with Crippen LogP contribution in [0, 0.1) is 0 Å². The summed E-state index contributed by atoms with van der Waals surface area (Å²) in [6.07, 6.45) is -0.0582. The molecule has 1 rings (SSSR count). The van der Waals surface area contributed by atoms with Crippen molar-refractivity contribution in [2.45, 2.75) is 18.6 Å². The van der Waals surface area contributed by atoms with Crippen LogP contribution in [0.15, 0.2) is 0 Å². The van der Waals surface area contributed by atoms with Crippen molar-refractivity contribution >= 4 is 10.2 Å². The SMILES string of the molecule is CNS(=O)(=O)N1CC(O)CC1CN(C)C. The molecule has 0 aromatic heterocycles. The Labute approximate surface area is 91.0 Å². The second kappa shape index (κ2) is 4.75. The Morgan fingerprint density at radius 3 is 2.60 bits per heavy atom. The zero-order chi connectivity index (χ0) is 11.6. The van der Waals surface area contributed by atoms with Crippen LogP contribution in [0.2, 0.25) is 0 Å². The molecule has 0 bridgehead atoms. The quantitative estimate of drug-likeness (QED) is 0.621. The zero-order valence-electron chi connectivity index (χ0n) is 9.34. The summed E-state index contributed by atoms with van der Waals surface area (Å²) in [4.78, 5) is 1.92. The molecule has 0 aromatic rings. The van der Waals surface area contributed by atoms with Crippen molar-refractivity contribution < 1.29 is 13.5 Å². The number of aliphatic hydroxyl groups excluding tert-OH is 1. The summed E-state index contributed by atoms with van der Waals surface area (Å²) in [5.74, 6) is 0. The molecule has 0 aromatic carbocycles.